The van der Waals surface area contributed by atoms with Crippen LogP contribution in [-0.4, -0.2) is 49.1 Å². The molecule has 4 nitrogen and oxygen atoms in total. The second-order valence-electron chi connectivity index (χ2n) is 29.4. The van der Waals surface area contributed by atoms with Crippen LogP contribution in [-0.2, 0) is 30.5 Å². The van der Waals surface area contributed by atoms with Crippen LogP contribution in [0.3, 0.4) is 0 Å². The molecule has 0 N–H and O–H groups in total. The van der Waals surface area contributed by atoms with Gasteiger partial charge in [-0.3, -0.25) is 0 Å². The van der Waals surface area contributed by atoms with Crippen molar-refractivity contribution in [1.82, 2.24) is 0 Å². The van der Waals surface area contributed by atoms with E-state index in [-0.39, 0.29) is 20.2 Å². The molecule has 0 saturated heterocycles. The fraction of sp³-hybridized carbons (Fsp3) is 0.394. The van der Waals surface area contributed by atoms with E-state index in [2.05, 4.69) is 257 Å². The Morgan fingerprint density at radius 3 is 0.846 bits per heavy atom. The minimum atomic E-state index is -3.68. The second-order valence-corrected chi connectivity index (χ2v) is 57.8. The molecule has 0 saturated carbocycles. The van der Waals surface area contributed by atoms with E-state index in [9.17, 15) is 16.8 Å². The summed E-state index contributed by atoms with van der Waals surface area (Å²) in [7, 11) is -15.8. The van der Waals surface area contributed by atoms with Crippen molar-refractivity contribution in [3.63, 3.8) is 0 Å². The molecule has 78 heavy (non-hydrogen) atoms. The predicted octanol–water partition coefficient (Wildman–Crippen LogP) is 17.7. The molecule has 0 bridgehead atoms. The number of rotatable bonds is 4. The fourth-order valence-corrected chi connectivity index (χ4v) is 35.9. The van der Waals surface area contributed by atoms with E-state index in [1.54, 1.807) is 0 Å². The first-order chi connectivity index (χ1) is 35.8. The average Bonchev–Trinajstić information content (AvgIpc) is 3.18. The summed E-state index contributed by atoms with van der Waals surface area (Å²) in [5.74, 6) is 0. The zero-order valence-corrected chi connectivity index (χ0v) is 57.1. The Bertz CT molecular complexity index is 3640. The van der Waals surface area contributed by atoms with E-state index < -0.39 is 62.8 Å². The topological polar surface area (TPSA) is 68.3 Å². The maximum Gasteiger partial charge on any atom is 0.197 e. The van der Waals surface area contributed by atoms with E-state index in [1.165, 1.54) is 18.8 Å². The van der Waals surface area contributed by atoms with Crippen LogP contribution in [0.4, 0.5) is 0 Å². The van der Waals surface area contributed by atoms with Gasteiger partial charge in [-0.25, -0.2) is 16.8 Å². The molecule has 12 rings (SSSR count). The smallest absolute Gasteiger partial charge is 0.197 e. The summed E-state index contributed by atoms with van der Waals surface area (Å²) in [6.45, 7) is 46.2. The largest absolute Gasteiger partial charge is 0.220 e. The van der Waals surface area contributed by atoms with Crippen LogP contribution in [0.25, 0.3) is 33.4 Å². The van der Waals surface area contributed by atoms with Crippen molar-refractivity contribution < 1.29 is 16.8 Å². The molecule has 0 fully saturated rings. The van der Waals surface area contributed by atoms with Crippen molar-refractivity contribution in [2.24, 2.45) is 0 Å². The molecular formula is C66H80O4S4Si4. The van der Waals surface area contributed by atoms with Gasteiger partial charge < -0.3 is 0 Å². The fourth-order valence-electron chi connectivity index (χ4n) is 12.8. The second kappa shape index (κ2) is 16.8. The van der Waals surface area contributed by atoms with Crippen molar-refractivity contribution in [2.75, 3.05) is 0 Å². The van der Waals surface area contributed by atoms with Gasteiger partial charge in [-0.2, -0.15) is 0 Å². The molecule has 0 atom stereocenters. The Kier molecular flexibility index (Phi) is 12.1. The number of fused-ring (bicyclic) bond motifs is 18. The maximum atomic E-state index is 15.0. The van der Waals surface area contributed by atoms with Crippen molar-refractivity contribution in [1.29, 1.82) is 0 Å². The van der Waals surface area contributed by atoms with Gasteiger partial charge in [-0.15, -0.1) is 22.7 Å². The van der Waals surface area contributed by atoms with E-state index in [4.69, 9.17) is 0 Å². The molecule has 2 spiro atoms. The molecule has 2 aliphatic heterocycles. The summed E-state index contributed by atoms with van der Waals surface area (Å²) in [5, 5.41) is 0.193. The number of hydrogen-bond acceptors (Lipinski definition) is 6. The van der Waals surface area contributed by atoms with E-state index in [0.717, 1.165) is 66.8 Å². The van der Waals surface area contributed by atoms with Gasteiger partial charge in [0.2, 0.25) is 0 Å². The molecule has 408 valence electrons. The Labute approximate surface area is 479 Å². The predicted molar refractivity (Wildman–Crippen MR) is 348 cm³/mol. The Morgan fingerprint density at radius 2 is 0.603 bits per heavy atom. The van der Waals surface area contributed by atoms with Crippen molar-refractivity contribution in [2.45, 2.75) is 166 Å². The molecular weight excluding hydrogens is 1100 g/mol. The van der Waals surface area contributed by atoms with E-state index >= 15 is 0 Å². The minimum absolute atomic E-state index is 0.0892. The number of hydrogen-bond donors (Lipinski definition) is 0. The molecule has 0 amide bonds. The molecule has 12 heteroatoms. The van der Waals surface area contributed by atoms with Crippen LogP contribution < -0.4 is 9.00 Å². The van der Waals surface area contributed by atoms with Crippen molar-refractivity contribution in [3.8, 4) is 22.3 Å². The molecule has 4 aliphatic carbocycles. The molecule has 6 aliphatic rings. The van der Waals surface area contributed by atoms with Gasteiger partial charge in [0.25, 0.3) is 0 Å². The summed E-state index contributed by atoms with van der Waals surface area (Å²) in [6.07, 6.45) is 4.23. The first-order valence-corrected chi connectivity index (χ1v) is 44.5. The van der Waals surface area contributed by atoms with Crippen LogP contribution in [0, 0.1) is 0 Å². The average molecular weight is 1180 g/mol. The Morgan fingerprint density at radius 1 is 0.359 bits per heavy atom. The monoisotopic (exact) mass is 1180 g/mol. The Balaban J connectivity index is 0.000000165. The summed E-state index contributed by atoms with van der Waals surface area (Å²) in [4.78, 5) is 3.66. The quantitative estimate of drug-likeness (QED) is 0.165. The molecule has 0 radical (unpaired) electrons. The molecule has 4 heterocycles. The molecule has 4 aromatic carbocycles. The minimum Gasteiger partial charge on any atom is -0.220 e. The molecule has 6 aromatic rings. The van der Waals surface area contributed by atoms with Crippen LogP contribution >= 0.6 is 22.7 Å². The van der Waals surface area contributed by atoms with E-state index in [1.807, 2.05) is 22.7 Å². The summed E-state index contributed by atoms with van der Waals surface area (Å²) < 4.78 is 64.2. The highest BCUT2D eigenvalue weighted by Crippen LogP contribution is 2.70. The van der Waals surface area contributed by atoms with E-state index in [0.29, 0.717) is 18.9 Å². The third-order valence-corrected chi connectivity index (χ3v) is 55.9. The van der Waals surface area contributed by atoms with Gasteiger partial charge in [-0.05, 0) is 120 Å². The highest BCUT2D eigenvalue weighted by atomic mass is 32.2. The van der Waals surface area contributed by atoms with Crippen LogP contribution in [0.2, 0.25) is 72.5 Å². The van der Waals surface area contributed by atoms with Gasteiger partial charge in [-0.1, -0.05) is 233 Å². The number of benzene rings is 4. The van der Waals surface area contributed by atoms with Crippen molar-refractivity contribution in [3.05, 3.63) is 183 Å². The van der Waals surface area contributed by atoms with Crippen LogP contribution in [0.15, 0.2) is 140 Å². The van der Waals surface area contributed by atoms with Gasteiger partial charge in [0, 0.05) is 18.8 Å². The highest BCUT2D eigenvalue weighted by molar-refractivity contribution is 8.02. The van der Waals surface area contributed by atoms with Gasteiger partial charge in [0.05, 0.1) is 36.8 Å². The van der Waals surface area contributed by atoms with Gasteiger partial charge >= 0.3 is 0 Å². The van der Waals surface area contributed by atoms with Crippen LogP contribution in [0.1, 0.15) is 126 Å². The maximum absolute atomic E-state index is 15.0. The third-order valence-electron chi connectivity index (χ3n) is 21.4. The summed E-state index contributed by atoms with van der Waals surface area (Å²) >= 11 is 3.78. The standard InChI is InChI=1S/2C33H40O2S2Si2/c2*1-31(2,3)38(7,8)27-19-23-24-20-28(39(9,10)32(4,5)6)37(34,35)30(24)33(29(23)36-27)25-17-13-11-15-21(25)22-16-12-14-18-26(22)33/h2*11-20H,1-10H3. The highest BCUT2D eigenvalue weighted by Gasteiger charge is 2.65. The molecule has 2 aromatic heterocycles. The van der Waals surface area contributed by atoms with Gasteiger partial charge in [0.1, 0.15) is 16.1 Å². The SMILES string of the molecule is CC(C)(C)[Si](C)(C)C1=CC2=C(C3(c4ccccc4-c4ccccc43)c3sc([Si](C)(C)C(C)(C)C)cc32)S1(=O)=O.CC(C)(C)[Si](C)(C)C1=CC2=C(C3(c4ccccc4-c4ccccc43)c3sc([Si](C)(C)C(C)(C)C)cc32)S1(=O)=O. The Hall–Kier alpha value is -3.99. The van der Waals surface area contributed by atoms with Gasteiger partial charge in [0.15, 0.2) is 19.7 Å². The zero-order valence-electron chi connectivity index (χ0n) is 49.8. The third kappa shape index (κ3) is 6.98. The zero-order chi connectivity index (χ0) is 57.1. The number of sulfone groups is 2. The number of allylic oxidation sites excluding steroid dienone is 6. The number of thiophene rings is 2. The lowest BCUT2D eigenvalue weighted by atomic mass is 9.78. The lowest BCUT2D eigenvalue weighted by Crippen LogP contribution is -2.48. The first-order valence-electron chi connectivity index (χ1n) is 27.9. The summed E-state index contributed by atoms with van der Waals surface area (Å²) in [6, 6.07) is 38.9. The van der Waals surface area contributed by atoms with Crippen molar-refractivity contribution >= 4 is 94.8 Å². The van der Waals surface area contributed by atoms with Crippen LogP contribution in [0.5, 0.6) is 0 Å². The lowest BCUT2D eigenvalue weighted by molar-refractivity contribution is 0.601. The summed E-state index contributed by atoms with van der Waals surface area (Å²) in [5.41, 5.74) is 11.8. The first kappa shape index (κ1) is 55.9. The molecule has 0 unspecified atom stereocenters. The normalized spacial score (nSPS) is 19.2. The lowest BCUT2D eigenvalue weighted by Gasteiger charge is -2.39.